The topological polar surface area (TPSA) is 34.1 Å². The van der Waals surface area contributed by atoms with E-state index in [9.17, 15) is 0 Å². The second kappa shape index (κ2) is 5.27. The van der Waals surface area contributed by atoms with Crippen LogP contribution in [0.2, 0.25) is 0 Å². The van der Waals surface area contributed by atoms with Gasteiger partial charge in [-0.05, 0) is 25.2 Å². The largest absolute Gasteiger partial charge is 0.381 e. The lowest BCUT2D eigenvalue weighted by Crippen LogP contribution is -2.30. The summed E-state index contributed by atoms with van der Waals surface area (Å²) in [6.45, 7) is 6.22. The maximum Gasteiger partial charge on any atom is 0.110 e. The number of hydrogen-bond donors (Lipinski definition) is 1. The molecule has 0 aromatic carbocycles. The van der Waals surface area contributed by atoms with E-state index >= 15 is 0 Å². The minimum atomic E-state index is 0.414. The maximum atomic E-state index is 5.55. The number of ether oxygens (including phenoxy) is 1. The van der Waals surface area contributed by atoms with Gasteiger partial charge in [0.15, 0.2) is 0 Å². The molecule has 2 aliphatic rings. The summed E-state index contributed by atoms with van der Waals surface area (Å²) in [6.07, 6.45) is 3.82. The lowest BCUT2D eigenvalue weighted by molar-refractivity contribution is 0.176. The molecule has 2 heterocycles. The van der Waals surface area contributed by atoms with Crippen LogP contribution in [-0.2, 0) is 4.74 Å². The van der Waals surface area contributed by atoms with E-state index in [1.165, 1.54) is 30.0 Å². The van der Waals surface area contributed by atoms with Crippen molar-refractivity contribution in [2.75, 3.05) is 13.2 Å². The van der Waals surface area contributed by atoms with E-state index in [1.54, 1.807) is 0 Å². The Kier molecular flexibility index (Phi) is 3.68. The molecule has 1 N–H and O–H groups in total. The van der Waals surface area contributed by atoms with Crippen LogP contribution >= 0.6 is 11.3 Å². The Morgan fingerprint density at radius 3 is 2.78 bits per heavy atom. The highest BCUT2D eigenvalue weighted by Gasteiger charge is 2.34. The monoisotopic (exact) mass is 266 g/mol. The van der Waals surface area contributed by atoms with E-state index in [1.807, 2.05) is 11.3 Å². The van der Waals surface area contributed by atoms with Crippen LogP contribution in [0, 0.1) is 5.92 Å². The Labute approximate surface area is 113 Å². The number of thiazole rings is 1. The molecule has 0 amide bonds. The smallest absolute Gasteiger partial charge is 0.110 e. The Morgan fingerprint density at radius 1 is 1.39 bits per heavy atom. The zero-order valence-electron chi connectivity index (χ0n) is 11.2. The highest BCUT2D eigenvalue weighted by atomic mass is 32.1. The zero-order chi connectivity index (χ0) is 12.5. The highest BCUT2D eigenvalue weighted by molar-refractivity contribution is 7.09. The fourth-order valence-electron chi connectivity index (χ4n) is 2.44. The van der Waals surface area contributed by atoms with Gasteiger partial charge < -0.3 is 10.1 Å². The standard InChI is InChI=1S/C14H22N2OS/c1-9(2)12-8-18-14(16-12)13(15-11-3-4-11)10-5-6-17-7-10/h8-11,13,15H,3-7H2,1-2H3. The lowest BCUT2D eigenvalue weighted by atomic mass is 9.99. The third kappa shape index (κ3) is 2.76. The second-order valence-corrected chi connectivity index (χ2v) is 6.70. The summed E-state index contributed by atoms with van der Waals surface area (Å²) in [5, 5.41) is 7.25. The first-order valence-electron chi connectivity index (χ1n) is 7.03. The first-order valence-corrected chi connectivity index (χ1v) is 7.91. The van der Waals surface area contributed by atoms with Crippen molar-refractivity contribution in [3.63, 3.8) is 0 Å². The van der Waals surface area contributed by atoms with Gasteiger partial charge in [-0.15, -0.1) is 11.3 Å². The molecule has 0 bridgehead atoms. The molecule has 3 rings (SSSR count). The lowest BCUT2D eigenvalue weighted by Gasteiger charge is -2.21. The van der Waals surface area contributed by atoms with Gasteiger partial charge in [0.05, 0.1) is 18.3 Å². The van der Waals surface area contributed by atoms with Gasteiger partial charge in [-0.3, -0.25) is 0 Å². The summed E-state index contributed by atoms with van der Waals surface area (Å²) >= 11 is 1.81. The molecule has 0 radical (unpaired) electrons. The second-order valence-electron chi connectivity index (χ2n) is 5.81. The van der Waals surface area contributed by atoms with Crippen LogP contribution in [-0.4, -0.2) is 24.2 Å². The van der Waals surface area contributed by atoms with E-state index in [4.69, 9.17) is 9.72 Å². The summed E-state index contributed by atoms with van der Waals surface area (Å²) in [7, 11) is 0. The Bertz CT molecular complexity index is 394. The summed E-state index contributed by atoms with van der Waals surface area (Å²) in [4.78, 5) is 4.84. The molecule has 1 aliphatic heterocycles. The van der Waals surface area contributed by atoms with Crippen LogP contribution in [0.3, 0.4) is 0 Å². The summed E-state index contributed by atoms with van der Waals surface area (Å²) in [6, 6.07) is 1.14. The minimum Gasteiger partial charge on any atom is -0.381 e. The van der Waals surface area contributed by atoms with Gasteiger partial charge in [-0.25, -0.2) is 4.98 Å². The van der Waals surface area contributed by atoms with Crippen molar-refractivity contribution >= 4 is 11.3 Å². The predicted molar refractivity (Wildman–Crippen MR) is 74.0 cm³/mol. The van der Waals surface area contributed by atoms with Gasteiger partial charge in [0.1, 0.15) is 5.01 Å². The molecule has 18 heavy (non-hydrogen) atoms. The predicted octanol–water partition coefficient (Wildman–Crippen LogP) is 3.10. The molecule has 1 aromatic heterocycles. The van der Waals surface area contributed by atoms with Crippen molar-refractivity contribution in [2.45, 2.75) is 51.1 Å². The van der Waals surface area contributed by atoms with Crippen molar-refractivity contribution in [2.24, 2.45) is 5.92 Å². The zero-order valence-corrected chi connectivity index (χ0v) is 12.0. The number of nitrogens with zero attached hydrogens (tertiary/aromatic N) is 1. The molecule has 2 unspecified atom stereocenters. The molecule has 2 fully saturated rings. The number of rotatable bonds is 5. The van der Waals surface area contributed by atoms with Crippen LogP contribution in [0.15, 0.2) is 5.38 Å². The van der Waals surface area contributed by atoms with Crippen molar-refractivity contribution in [3.8, 4) is 0 Å². The summed E-state index contributed by atoms with van der Waals surface area (Å²) < 4.78 is 5.55. The summed E-state index contributed by atoms with van der Waals surface area (Å²) in [5.74, 6) is 1.13. The van der Waals surface area contributed by atoms with Crippen LogP contribution in [0.5, 0.6) is 0 Å². The van der Waals surface area contributed by atoms with Crippen molar-refractivity contribution in [3.05, 3.63) is 16.1 Å². The Hall–Kier alpha value is -0.450. The number of hydrogen-bond acceptors (Lipinski definition) is 4. The molecule has 0 spiro atoms. The SMILES string of the molecule is CC(C)c1csc(C(NC2CC2)C2CCOC2)n1. The molecular weight excluding hydrogens is 244 g/mol. The molecular formula is C14H22N2OS. The fraction of sp³-hybridized carbons (Fsp3) is 0.786. The van der Waals surface area contributed by atoms with Gasteiger partial charge in [-0.2, -0.15) is 0 Å². The van der Waals surface area contributed by atoms with Crippen molar-refractivity contribution < 1.29 is 4.74 Å². The molecule has 100 valence electrons. The number of aromatic nitrogens is 1. The third-order valence-electron chi connectivity index (χ3n) is 3.83. The number of nitrogens with one attached hydrogen (secondary N) is 1. The van der Waals surface area contributed by atoms with E-state index in [0.29, 0.717) is 17.9 Å². The first-order chi connectivity index (χ1) is 8.74. The normalized spacial score (nSPS) is 25.8. The van der Waals surface area contributed by atoms with Gasteiger partial charge >= 0.3 is 0 Å². The Balaban J connectivity index is 1.76. The van der Waals surface area contributed by atoms with Crippen molar-refractivity contribution in [1.29, 1.82) is 0 Å². The van der Waals surface area contributed by atoms with E-state index in [0.717, 1.165) is 19.3 Å². The maximum absolute atomic E-state index is 5.55. The van der Waals surface area contributed by atoms with Gasteiger partial charge in [0.25, 0.3) is 0 Å². The third-order valence-corrected chi connectivity index (χ3v) is 4.77. The summed E-state index contributed by atoms with van der Waals surface area (Å²) in [5.41, 5.74) is 1.23. The average molecular weight is 266 g/mol. The average Bonchev–Trinajstić information content (AvgIpc) is 2.87. The van der Waals surface area contributed by atoms with Crippen LogP contribution < -0.4 is 5.32 Å². The van der Waals surface area contributed by atoms with E-state index < -0.39 is 0 Å². The molecule has 4 heteroatoms. The molecule has 1 saturated heterocycles. The van der Waals surface area contributed by atoms with E-state index in [2.05, 4.69) is 24.5 Å². The van der Waals surface area contributed by atoms with Crippen LogP contribution in [0.1, 0.15) is 55.8 Å². The molecule has 1 aliphatic carbocycles. The van der Waals surface area contributed by atoms with Crippen LogP contribution in [0.4, 0.5) is 0 Å². The van der Waals surface area contributed by atoms with Gasteiger partial charge in [-0.1, -0.05) is 13.8 Å². The van der Waals surface area contributed by atoms with Gasteiger partial charge in [0, 0.05) is 23.9 Å². The van der Waals surface area contributed by atoms with Gasteiger partial charge in [0.2, 0.25) is 0 Å². The quantitative estimate of drug-likeness (QED) is 0.889. The molecule has 1 saturated carbocycles. The van der Waals surface area contributed by atoms with Crippen molar-refractivity contribution in [1.82, 2.24) is 10.3 Å². The minimum absolute atomic E-state index is 0.414. The Morgan fingerprint density at radius 2 is 2.22 bits per heavy atom. The van der Waals surface area contributed by atoms with E-state index in [-0.39, 0.29) is 0 Å². The van der Waals surface area contributed by atoms with Crippen LogP contribution in [0.25, 0.3) is 0 Å². The fourth-order valence-corrected chi connectivity index (χ4v) is 3.57. The highest BCUT2D eigenvalue weighted by Crippen LogP contribution is 2.35. The molecule has 1 aromatic rings. The molecule has 2 atom stereocenters. The first kappa shape index (κ1) is 12.6. The molecule has 3 nitrogen and oxygen atoms in total.